The van der Waals surface area contributed by atoms with Gasteiger partial charge in [-0.1, -0.05) is 5.11 Å². The number of carbonyl (C=O) groups excluding carboxylic acids is 1. The second kappa shape index (κ2) is 6.25. The minimum Gasteiger partial charge on any atom is -0.465 e. The Labute approximate surface area is 115 Å². The number of benzene rings is 1. The minimum absolute atomic E-state index is 0.0388. The van der Waals surface area contributed by atoms with Crippen molar-refractivity contribution in [3.05, 3.63) is 40.0 Å². The Morgan fingerprint density at radius 3 is 2.80 bits per heavy atom. The van der Waals surface area contributed by atoms with Crippen molar-refractivity contribution in [2.45, 2.75) is 18.9 Å². The van der Waals surface area contributed by atoms with E-state index in [4.69, 9.17) is 5.53 Å². The van der Waals surface area contributed by atoms with E-state index in [0.29, 0.717) is 37.2 Å². The number of methoxy groups -OCH3 is 1. The maximum absolute atomic E-state index is 13.9. The van der Waals surface area contributed by atoms with Crippen LogP contribution in [0.25, 0.3) is 10.4 Å². The summed E-state index contributed by atoms with van der Waals surface area (Å²) in [5, 5.41) is 3.68. The van der Waals surface area contributed by atoms with Crippen LogP contribution in [0.3, 0.4) is 0 Å². The number of halogens is 1. The topological polar surface area (TPSA) is 78.3 Å². The van der Waals surface area contributed by atoms with Crippen molar-refractivity contribution < 1.29 is 13.9 Å². The molecule has 1 fully saturated rings. The van der Waals surface area contributed by atoms with E-state index in [0.717, 1.165) is 0 Å². The summed E-state index contributed by atoms with van der Waals surface area (Å²) in [5.74, 6) is -0.866. The van der Waals surface area contributed by atoms with Crippen LogP contribution in [0.2, 0.25) is 0 Å². The van der Waals surface area contributed by atoms with Crippen LogP contribution in [0.1, 0.15) is 23.2 Å². The Kier molecular flexibility index (Phi) is 4.42. The van der Waals surface area contributed by atoms with E-state index in [-0.39, 0.29) is 11.9 Å². The first kappa shape index (κ1) is 14.1. The van der Waals surface area contributed by atoms with Gasteiger partial charge in [-0.3, -0.25) is 0 Å². The second-order valence-corrected chi connectivity index (χ2v) is 4.58. The van der Waals surface area contributed by atoms with Gasteiger partial charge in [0.25, 0.3) is 0 Å². The number of hydrogen-bond acceptors (Lipinski definition) is 4. The van der Waals surface area contributed by atoms with Crippen molar-refractivity contribution in [2.24, 2.45) is 5.11 Å². The first-order valence-corrected chi connectivity index (χ1v) is 6.32. The van der Waals surface area contributed by atoms with Gasteiger partial charge in [0.05, 0.1) is 18.4 Å². The normalized spacial score (nSPS) is 15.6. The smallest absolute Gasteiger partial charge is 0.337 e. The standard InChI is InChI=1S/C13H15FN4O2/c1-20-13(19)9-2-3-11(14)12(8-9)18-6-4-10(5-7-18)16-17-15/h2-3,8,10H,4-7H2,1H3. The predicted octanol–water partition coefficient (Wildman–Crippen LogP) is 2.89. The van der Waals surface area contributed by atoms with Crippen LogP contribution in [0.4, 0.5) is 10.1 Å². The zero-order valence-electron chi connectivity index (χ0n) is 11.1. The molecule has 106 valence electrons. The van der Waals surface area contributed by atoms with Gasteiger partial charge in [0.15, 0.2) is 0 Å². The summed E-state index contributed by atoms with van der Waals surface area (Å²) in [7, 11) is 1.29. The SMILES string of the molecule is COC(=O)c1ccc(F)c(N2CCC(N=[N+]=[N-])CC2)c1. The van der Waals surface area contributed by atoms with Crippen LogP contribution in [0.5, 0.6) is 0 Å². The molecular formula is C13H15FN4O2. The predicted molar refractivity (Wildman–Crippen MR) is 72.1 cm³/mol. The quantitative estimate of drug-likeness (QED) is 0.369. The maximum Gasteiger partial charge on any atom is 0.337 e. The van der Waals surface area contributed by atoms with Crippen molar-refractivity contribution in [2.75, 3.05) is 25.1 Å². The van der Waals surface area contributed by atoms with Gasteiger partial charge in [0.1, 0.15) is 5.82 Å². The summed E-state index contributed by atoms with van der Waals surface area (Å²) in [6, 6.07) is 4.12. The van der Waals surface area contributed by atoms with Crippen LogP contribution in [0, 0.1) is 5.82 Å². The molecule has 0 bridgehead atoms. The highest BCUT2D eigenvalue weighted by molar-refractivity contribution is 5.90. The molecule has 7 heteroatoms. The van der Waals surface area contributed by atoms with Gasteiger partial charge in [-0.25, -0.2) is 9.18 Å². The number of rotatable bonds is 3. The van der Waals surface area contributed by atoms with Crippen LogP contribution < -0.4 is 4.90 Å². The van der Waals surface area contributed by atoms with E-state index in [1.807, 2.05) is 4.90 Å². The average Bonchev–Trinajstić information content (AvgIpc) is 2.48. The zero-order valence-corrected chi connectivity index (χ0v) is 11.1. The third kappa shape index (κ3) is 3.00. The molecule has 0 unspecified atom stereocenters. The van der Waals surface area contributed by atoms with Crippen molar-refractivity contribution in [3.63, 3.8) is 0 Å². The number of hydrogen-bond donors (Lipinski definition) is 0. The molecule has 0 atom stereocenters. The van der Waals surface area contributed by atoms with Crippen LogP contribution in [-0.2, 0) is 4.74 Å². The molecule has 1 saturated heterocycles. The number of piperidine rings is 1. The molecule has 1 aromatic carbocycles. The monoisotopic (exact) mass is 278 g/mol. The van der Waals surface area contributed by atoms with Crippen molar-refractivity contribution in [1.29, 1.82) is 0 Å². The van der Waals surface area contributed by atoms with E-state index in [9.17, 15) is 9.18 Å². The summed E-state index contributed by atoms with van der Waals surface area (Å²) in [6.07, 6.45) is 1.35. The third-order valence-corrected chi connectivity index (χ3v) is 3.39. The highest BCUT2D eigenvalue weighted by Crippen LogP contribution is 2.25. The molecule has 0 amide bonds. The van der Waals surface area contributed by atoms with Crippen molar-refractivity contribution in [1.82, 2.24) is 0 Å². The Bertz CT molecular complexity index is 549. The third-order valence-electron chi connectivity index (χ3n) is 3.39. The largest absolute Gasteiger partial charge is 0.465 e. The van der Waals surface area contributed by atoms with Gasteiger partial charge >= 0.3 is 5.97 Å². The second-order valence-electron chi connectivity index (χ2n) is 4.58. The number of anilines is 1. The molecule has 1 heterocycles. The van der Waals surface area contributed by atoms with Crippen LogP contribution >= 0.6 is 0 Å². The molecule has 0 aromatic heterocycles. The van der Waals surface area contributed by atoms with E-state index in [1.165, 1.54) is 25.3 Å². The summed E-state index contributed by atoms with van der Waals surface area (Å²) < 4.78 is 18.5. The summed E-state index contributed by atoms with van der Waals surface area (Å²) >= 11 is 0. The van der Waals surface area contributed by atoms with Crippen LogP contribution in [-0.4, -0.2) is 32.2 Å². The lowest BCUT2D eigenvalue weighted by atomic mass is 10.0. The van der Waals surface area contributed by atoms with E-state index >= 15 is 0 Å². The highest BCUT2D eigenvalue weighted by atomic mass is 19.1. The first-order valence-electron chi connectivity index (χ1n) is 6.32. The fourth-order valence-corrected chi connectivity index (χ4v) is 2.30. The number of ether oxygens (including phenoxy) is 1. The number of azide groups is 1. The Morgan fingerprint density at radius 1 is 1.50 bits per heavy atom. The number of carbonyl (C=O) groups is 1. The molecule has 1 aliphatic heterocycles. The Balaban J connectivity index is 2.16. The average molecular weight is 278 g/mol. The lowest BCUT2D eigenvalue weighted by molar-refractivity contribution is 0.0600. The molecule has 0 radical (unpaired) electrons. The van der Waals surface area contributed by atoms with Gasteiger partial charge in [0.2, 0.25) is 0 Å². The number of esters is 1. The molecule has 2 rings (SSSR count). The van der Waals surface area contributed by atoms with Crippen molar-refractivity contribution >= 4 is 11.7 Å². The van der Waals surface area contributed by atoms with Gasteiger partial charge < -0.3 is 9.64 Å². The number of nitrogens with zero attached hydrogens (tertiary/aromatic N) is 4. The summed E-state index contributed by atoms with van der Waals surface area (Å²) in [6.45, 7) is 1.18. The molecule has 20 heavy (non-hydrogen) atoms. The van der Waals surface area contributed by atoms with E-state index in [1.54, 1.807) is 0 Å². The molecule has 0 aliphatic carbocycles. The summed E-state index contributed by atoms with van der Waals surface area (Å²) in [5.41, 5.74) is 9.11. The molecule has 0 spiro atoms. The highest BCUT2D eigenvalue weighted by Gasteiger charge is 2.21. The fourth-order valence-electron chi connectivity index (χ4n) is 2.30. The summed E-state index contributed by atoms with van der Waals surface area (Å²) in [4.78, 5) is 16.1. The van der Waals surface area contributed by atoms with Crippen molar-refractivity contribution in [3.8, 4) is 0 Å². The molecular weight excluding hydrogens is 263 g/mol. The van der Waals surface area contributed by atoms with Gasteiger partial charge in [-0.2, -0.15) is 0 Å². The lowest BCUT2D eigenvalue weighted by Gasteiger charge is -2.32. The first-order chi connectivity index (χ1) is 9.65. The molecule has 1 aromatic rings. The zero-order chi connectivity index (χ0) is 14.5. The lowest BCUT2D eigenvalue weighted by Crippen LogP contribution is -2.35. The van der Waals surface area contributed by atoms with Crippen LogP contribution in [0.15, 0.2) is 23.3 Å². The maximum atomic E-state index is 13.9. The fraction of sp³-hybridized carbons (Fsp3) is 0.462. The molecule has 0 N–H and O–H groups in total. The molecule has 0 saturated carbocycles. The minimum atomic E-state index is -0.491. The Morgan fingerprint density at radius 2 is 2.20 bits per heavy atom. The van der Waals surface area contributed by atoms with Gasteiger partial charge in [-0.05, 0) is 36.6 Å². The van der Waals surface area contributed by atoms with Gasteiger partial charge in [0, 0.05) is 24.0 Å². The van der Waals surface area contributed by atoms with E-state index in [2.05, 4.69) is 14.8 Å². The van der Waals surface area contributed by atoms with E-state index < -0.39 is 5.97 Å². The molecule has 1 aliphatic rings. The van der Waals surface area contributed by atoms with Gasteiger partial charge in [-0.15, -0.1) is 0 Å². The Hall–Kier alpha value is -2.27. The molecule has 6 nitrogen and oxygen atoms in total.